The van der Waals surface area contributed by atoms with Gasteiger partial charge < -0.3 is 20.3 Å². The van der Waals surface area contributed by atoms with Crippen LogP contribution in [0.2, 0.25) is 0 Å². The Kier molecular flexibility index (Phi) is 5.36. The summed E-state index contributed by atoms with van der Waals surface area (Å²) < 4.78 is 18.1. The van der Waals surface area contributed by atoms with Gasteiger partial charge in [-0.2, -0.15) is 0 Å². The van der Waals surface area contributed by atoms with Gasteiger partial charge in [0.15, 0.2) is 6.61 Å². The standard InChI is InChI=1S/C19H20FN3O3/c20-15-4-6-17(7-5-15)22-8-10-23(11-9-22)18(24)13-26-19(25)14-2-1-3-16(21)12-14/h1-7,12H,8-11,13,21H2. The second kappa shape index (κ2) is 7.86. The molecule has 7 heteroatoms. The third kappa shape index (κ3) is 4.30. The summed E-state index contributed by atoms with van der Waals surface area (Å²) in [7, 11) is 0. The van der Waals surface area contributed by atoms with Crippen molar-refractivity contribution in [1.82, 2.24) is 4.90 Å². The summed E-state index contributed by atoms with van der Waals surface area (Å²) in [4.78, 5) is 28.0. The number of benzene rings is 2. The third-order valence-electron chi connectivity index (χ3n) is 4.27. The van der Waals surface area contributed by atoms with Gasteiger partial charge in [0.2, 0.25) is 0 Å². The first-order chi connectivity index (χ1) is 12.5. The second-order valence-corrected chi connectivity index (χ2v) is 6.05. The van der Waals surface area contributed by atoms with E-state index in [0.29, 0.717) is 37.4 Å². The molecule has 1 saturated heterocycles. The van der Waals surface area contributed by atoms with Crippen LogP contribution in [0.4, 0.5) is 15.8 Å². The molecule has 1 aliphatic rings. The van der Waals surface area contributed by atoms with Crippen molar-refractivity contribution in [3.8, 4) is 0 Å². The van der Waals surface area contributed by atoms with Crippen LogP contribution in [-0.4, -0.2) is 49.6 Å². The van der Waals surface area contributed by atoms with E-state index in [4.69, 9.17) is 10.5 Å². The largest absolute Gasteiger partial charge is 0.452 e. The molecule has 0 radical (unpaired) electrons. The highest BCUT2D eigenvalue weighted by Crippen LogP contribution is 2.17. The summed E-state index contributed by atoms with van der Waals surface area (Å²) in [6, 6.07) is 12.7. The molecule has 1 aliphatic heterocycles. The van der Waals surface area contributed by atoms with Gasteiger partial charge in [0.25, 0.3) is 5.91 Å². The van der Waals surface area contributed by atoms with Crippen molar-refractivity contribution in [3.63, 3.8) is 0 Å². The third-order valence-corrected chi connectivity index (χ3v) is 4.27. The van der Waals surface area contributed by atoms with Crippen LogP contribution in [-0.2, 0) is 9.53 Å². The van der Waals surface area contributed by atoms with Gasteiger partial charge in [0, 0.05) is 37.6 Å². The number of nitrogens with zero attached hydrogens (tertiary/aromatic N) is 2. The zero-order valence-corrected chi connectivity index (χ0v) is 14.2. The Morgan fingerprint density at radius 2 is 1.73 bits per heavy atom. The normalized spacial score (nSPS) is 14.2. The maximum absolute atomic E-state index is 13.0. The number of rotatable bonds is 4. The Hall–Kier alpha value is -3.09. The highest BCUT2D eigenvalue weighted by molar-refractivity contribution is 5.92. The molecule has 0 spiro atoms. The van der Waals surface area contributed by atoms with E-state index in [-0.39, 0.29) is 18.3 Å². The number of hydrogen-bond acceptors (Lipinski definition) is 5. The lowest BCUT2D eigenvalue weighted by atomic mass is 10.2. The first-order valence-corrected chi connectivity index (χ1v) is 8.34. The number of carbonyl (C=O) groups is 2. The zero-order chi connectivity index (χ0) is 18.5. The van der Waals surface area contributed by atoms with E-state index >= 15 is 0 Å². The van der Waals surface area contributed by atoms with Crippen LogP contribution in [0.5, 0.6) is 0 Å². The molecule has 2 aromatic carbocycles. The molecule has 0 bridgehead atoms. The summed E-state index contributed by atoms with van der Waals surface area (Å²) in [5, 5.41) is 0. The molecule has 6 nitrogen and oxygen atoms in total. The minimum Gasteiger partial charge on any atom is -0.452 e. The van der Waals surface area contributed by atoms with Gasteiger partial charge in [0.1, 0.15) is 5.82 Å². The minimum atomic E-state index is -0.574. The predicted molar refractivity (Wildman–Crippen MR) is 96.3 cm³/mol. The monoisotopic (exact) mass is 357 g/mol. The SMILES string of the molecule is Nc1cccc(C(=O)OCC(=O)N2CCN(c3ccc(F)cc3)CC2)c1. The number of piperazine rings is 1. The number of amides is 1. The van der Waals surface area contributed by atoms with Crippen molar-refractivity contribution in [2.24, 2.45) is 0 Å². The Morgan fingerprint density at radius 3 is 2.38 bits per heavy atom. The molecule has 0 aliphatic carbocycles. The first kappa shape index (κ1) is 17.7. The maximum atomic E-state index is 13.0. The fourth-order valence-corrected chi connectivity index (χ4v) is 2.83. The molecule has 1 heterocycles. The van der Waals surface area contributed by atoms with Crippen molar-refractivity contribution in [2.75, 3.05) is 43.4 Å². The number of hydrogen-bond donors (Lipinski definition) is 1. The average molecular weight is 357 g/mol. The van der Waals surface area contributed by atoms with Gasteiger partial charge in [-0.1, -0.05) is 6.07 Å². The lowest BCUT2D eigenvalue weighted by molar-refractivity contribution is -0.134. The van der Waals surface area contributed by atoms with Crippen molar-refractivity contribution >= 4 is 23.3 Å². The van der Waals surface area contributed by atoms with E-state index in [2.05, 4.69) is 4.90 Å². The number of ether oxygens (including phenoxy) is 1. The highest BCUT2D eigenvalue weighted by Gasteiger charge is 2.22. The summed E-state index contributed by atoms with van der Waals surface area (Å²) in [6.45, 7) is 2.02. The Bertz CT molecular complexity index is 787. The van der Waals surface area contributed by atoms with E-state index in [1.807, 2.05) is 0 Å². The van der Waals surface area contributed by atoms with Gasteiger partial charge >= 0.3 is 5.97 Å². The van der Waals surface area contributed by atoms with Gasteiger partial charge in [-0.05, 0) is 42.5 Å². The summed E-state index contributed by atoms with van der Waals surface area (Å²) in [6.07, 6.45) is 0. The van der Waals surface area contributed by atoms with Crippen LogP contribution < -0.4 is 10.6 Å². The van der Waals surface area contributed by atoms with E-state index in [1.165, 1.54) is 18.2 Å². The second-order valence-electron chi connectivity index (χ2n) is 6.05. The number of halogens is 1. The summed E-state index contributed by atoms with van der Waals surface area (Å²) in [5.41, 5.74) is 7.33. The predicted octanol–water partition coefficient (Wildman–Crippen LogP) is 1.91. The lowest BCUT2D eigenvalue weighted by Gasteiger charge is -2.36. The van der Waals surface area contributed by atoms with Gasteiger partial charge in [-0.25, -0.2) is 9.18 Å². The maximum Gasteiger partial charge on any atom is 0.338 e. The van der Waals surface area contributed by atoms with Gasteiger partial charge in [0.05, 0.1) is 5.56 Å². The zero-order valence-electron chi connectivity index (χ0n) is 14.2. The van der Waals surface area contributed by atoms with Crippen molar-refractivity contribution in [1.29, 1.82) is 0 Å². The number of esters is 1. The molecule has 1 amide bonds. The van der Waals surface area contributed by atoms with E-state index < -0.39 is 5.97 Å². The number of anilines is 2. The molecule has 0 atom stereocenters. The highest BCUT2D eigenvalue weighted by atomic mass is 19.1. The van der Waals surface area contributed by atoms with E-state index in [1.54, 1.807) is 35.2 Å². The van der Waals surface area contributed by atoms with Crippen molar-refractivity contribution in [3.05, 3.63) is 59.9 Å². The van der Waals surface area contributed by atoms with E-state index in [0.717, 1.165) is 5.69 Å². The molecule has 1 fully saturated rings. The number of nitrogen functional groups attached to an aromatic ring is 1. The number of nitrogens with two attached hydrogens (primary N) is 1. The molecular weight excluding hydrogens is 337 g/mol. The quantitative estimate of drug-likeness (QED) is 0.668. The lowest BCUT2D eigenvalue weighted by Crippen LogP contribution is -2.49. The minimum absolute atomic E-state index is 0.235. The summed E-state index contributed by atoms with van der Waals surface area (Å²) in [5.74, 6) is -1.08. The topological polar surface area (TPSA) is 75.9 Å². The molecule has 2 N–H and O–H groups in total. The number of carbonyl (C=O) groups excluding carboxylic acids is 2. The smallest absolute Gasteiger partial charge is 0.338 e. The molecular formula is C19H20FN3O3. The molecule has 0 aromatic heterocycles. The average Bonchev–Trinajstić information content (AvgIpc) is 2.66. The fourth-order valence-electron chi connectivity index (χ4n) is 2.83. The molecule has 2 aromatic rings. The first-order valence-electron chi connectivity index (χ1n) is 8.34. The molecule has 0 saturated carbocycles. The van der Waals surface area contributed by atoms with Gasteiger partial charge in [-0.15, -0.1) is 0 Å². The van der Waals surface area contributed by atoms with Crippen LogP contribution in [0.3, 0.4) is 0 Å². The molecule has 26 heavy (non-hydrogen) atoms. The molecule has 3 rings (SSSR count). The van der Waals surface area contributed by atoms with Gasteiger partial charge in [-0.3, -0.25) is 4.79 Å². The fraction of sp³-hybridized carbons (Fsp3) is 0.263. The van der Waals surface area contributed by atoms with Crippen molar-refractivity contribution < 1.29 is 18.7 Å². The Labute approximate surface area is 150 Å². The molecule has 0 unspecified atom stereocenters. The van der Waals surface area contributed by atoms with E-state index in [9.17, 15) is 14.0 Å². The van der Waals surface area contributed by atoms with Crippen molar-refractivity contribution in [2.45, 2.75) is 0 Å². The Morgan fingerprint density at radius 1 is 1.04 bits per heavy atom. The van der Waals surface area contributed by atoms with Crippen LogP contribution in [0.15, 0.2) is 48.5 Å². The molecule has 136 valence electrons. The Balaban J connectivity index is 1.47. The summed E-state index contributed by atoms with van der Waals surface area (Å²) >= 11 is 0. The van der Waals surface area contributed by atoms with Crippen LogP contribution in [0, 0.1) is 5.82 Å². The van der Waals surface area contributed by atoms with Crippen LogP contribution >= 0.6 is 0 Å². The van der Waals surface area contributed by atoms with Crippen LogP contribution in [0.1, 0.15) is 10.4 Å². The van der Waals surface area contributed by atoms with Crippen LogP contribution in [0.25, 0.3) is 0 Å².